The predicted octanol–water partition coefficient (Wildman–Crippen LogP) is 2.84. The van der Waals surface area contributed by atoms with Crippen LogP contribution in [0.25, 0.3) is 0 Å². The molecule has 8 nitrogen and oxygen atoms in total. The number of hydrogen-bond donors (Lipinski definition) is 2. The van der Waals surface area contributed by atoms with E-state index in [1.165, 1.54) is 0 Å². The first kappa shape index (κ1) is 18.1. The molecule has 1 aromatic rings. The number of fused-ring (bicyclic) bond motifs is 1. The van der Waals surface area contributed by atoms with Gasteiger partial charge in [0, 0.05) is 10.9 Å². The smallest absolute Gasteiger partial charge is 0.465 e. The van der Waals surface area contributed by atoms with Crippen molar-refractivity contribution in [2.24, 2.45) is 0 Å². The molecule has 1 aromatic carbocycles. The predicted molar refractivity (Wildman–Crippen MR) is 87.6 cm³/mol. The van der Waals surface area contributed by atoms with Crippen molar-refractivity contribution in [3.05, 3.63) is 28.2 Å². The fourth-order valence-corrected chi connectivity index (χ4v) is 2.51. The topological polar surface area (TPSA) is 105 Å². The van der Waals surface area contributed by atoms with Crippen molar-refractivity contribution >= 4 is 39.8 Å². The molecule has 1 aliphatic heterocycles. The standard InChI is InChI=1S/C15H17BrN2O6/c1-15(2,3)23-14(22)24-18-11-7-9(16)5-4-8(11)6-10(12(18)19)17-13(20)21/h4-5,7,10,17H,6H2,1-3H3,(H,20,21)/t10-/m1/s1. The van der Waals surface area contributed by atoms with Crippen LogP contribution in [0.15, 0.2) is 22.7 Å². The third kappa shape index (κ3) is 4.38. The molecule has 2 amide bonds. The van der Waals surface area contributed by atoms with E-state index in [0.717, 1.165) is 5.06 Å². The third-order valence-corrected chi connectivity index (χ3v) is 3.53. The van der Waals surface area contributed by atoms with Crippen molar-refractivity contribution in [2.45, 2.75) is 38.8 Å². The first-order valence-corrected chi connectivity index (χ1v) is 7.89. The van der Waals surface area contributed by atoms with Crippen LogP contribution in [0.1, 0.15) is 26.3 Å². The molecular formula is C15H17BrN2O6. The Balaban J connectivity index is 2.32. The van der Waals surface area contributed by atoms with Crippen LogP contribution in [0.5, 0.6) is 0 Å². The third-order valence-electron chi connectivity index (χ3n) is 3.04. The lowest BCUT2D eigenvalue weighted by atomic mass is 9.99. The van der Waals surface area contributed by atoms with Gasteiger partial charge in [0.2, 0.25) is 0 Å². The number of benzene rings is 1. The second-order valence-corrected chi connectivity index (χ2v) is 7.08. The Morgan fingerprint density at radius 1 is 1.38 bits per heavy atom. The molecule has 130 valence electrons. The maximum absolute atomic E-state index is 12.5. The summed E-state index contributed by atoms with van der Waals surface area (Å²) in [7, 11) is 0. The van der Waals surface area contributed by atoms with E-state index >= 15 is 0 Å². The Bertz CT molecular complexity index is 685. The maximum atomic E-state index is 12.5. The van der Waals surface area contributed by atoms with Gasteiger partial charge in [-0.1, -0.05) is 22.0 Å². The zero-order valence-electron chi connectivity index (χ0n) is 13.3. The van der Waals surface area contributed by atoms with Gasteiger partial charge in [-0.2, -0.15) is 0 Å². The summed E-state index contributed by atoms with van der Waals surface area (Å²) >= 11 is 3.29. The number of ether oxygens (including phenoxy) is 1. The highest BCUT2D eigenvalue weighted by Crippen LogP contribution is 2.31. The fraction of sp³-hybridized carbons (Fsp3) is 0.400. The molecule has 24 heavy (non-hydrogen) atoms. The van der Waals surface area contributed by atoms with E-state index in [1.54, 1.807) is 39.0 Å². The van der Waals surface area contributed by atoms with Gasteiger partial charge in [-0.3, -0.25) is 9.63 Å². The summed E-state index contributed by atoms with van der Waals surface area (Å²) in [4.78, 5) is 40.3. The monoisotopic (exact) mass is 400 g/mol. The van der Waals surface area contributed by atoms with Crippen LogP contribution in [0.2, 0.25) is 0 Å². The molecule has 2 rings (SSSR count). The Labute approximate surface area is 146 Å². The minimum atomic E-state index is -1.34. The second-order valence-electron chi connectivity index (χ2n) is 6.17. The quantitative estimate of drug-likeness (QED) is 0.739. The number of carboxylic acid groups (broad SMARTS) is 1. The van der Waals surface area contributed by atoms with Gasteiger partial charge in [-0.15, -0.1) is 5.06 Å². The maximum Gasteiger partial charge on any atom is 0.534 e. The average molecular weight is 401 g/mol. The van der Waals surface area contributed by atoms with Crippen LogP contribution in [0.3, 0.4) is 0 Å². The zero-order chi connectivity index (χ0) is 18.1. The second kappa shape index (κ2) is 6.68. The average Bonchev–Trinajstić information content (AvgIpc) is 2.41. The van der Waals surface area contributed by atoms with Gasteiger partial charge >= 0.3 is 12.2 Å². The lowest BCUT2D eigenvalue weighted by molar-refractivity contribution is -0.128. The van der Waals surface area contributed by atoms with Crippen molar-refractivity contribution in [2.75, 3.05) is 5.06 Å². The number of carbonyl (C=O) groups excluding carboxylic acids is 2. The molecule has 0 spiro atoms. The summed E-state index contributed by atoms with van der Waals surface area (Å²) in [6, 6.07) is 4.01. The number of hydrogen-bond acceptors (Lipinski definition) is 5. The Hall–Kier alpha value is -2.29. The molecule has 0 fully saturated rings. The van der Waals surface area contributed by atoms with Crippen LogP contribution in [-0.2, 0) is 20.8 Å². The van der Waals surface area contributed by atoms with Crippen molar-refractivity contribution in [3.8, 4) is 0 Å². The Morgan fingerprint density at radius 2 is 2.04 bits per heavy atom. The molecule has 0 bridgehead atoms. The number of carbonyl (C=O) groups is 3. The first-order valence-electron chi connectivity index (χ1n) is 7.09. The lowest BCUT2D eigenvalue weighted by Crippen LogP contribution is -2.53. The molecule has 0 radical (unpaired) electrons. The van der Waals surface area contributed by atoms with Gasteiger partial charge in [0.25, 0.3) is 5.91 Å². The molecule has 0 aliphatic carbocycles. The largest absolute Gasteiger partial charge is 0.534 e. The highest BCUT2D eigenvalue weighted by Gasteiger charge is 2.37. The molecule has 9 heteroatoms. The minimum absolute atomic E-state index is 0.155. The van der Waals surface area contributed by atoms with Crippen molar-refractivity contribution in [1.29, 1.82) is 0 Å². The van der Waals surface area contributed by atoms with Gasteiger partial charge in [-0.25, -0.2) is 9.59 Å². The van der Waals surface area contributed by atoms with Crippen molar-refractivity contribution in [3.63, 3.8) is 0 Å². The van der Waals surface area contributed by atoms with E-state index in [9.17, 15) is 14.4 Å². The van der Waals surface area contributed by atoms with Crippen LogP contribution in [0, 0.1) is 0 Å². The van der Waals surface area contributed by atoms with Crippen molar-refractivity contribution in [1.82, 2.24) is 5.32 Å². The number of halogens is 1. The van der Waals surface area contributed by atoms with Crippen LogP contribution >= 0.6 is 15.9 Å². The molecule has 1 aliphatic rings. The number of anilines is 1. The van der Waals surface area contributed by atoms with E-state index < -0.39 is 29.8 Å². The Morgan fingerprint density at radius 3 is 2.62 bits per heavy atom. The van der Waals surface area contributed by atoms with Gasteiger partial charge in [-0.05, 0) is 38.5 Å². The SMILES string of the molecule is CC(C)(C)OC(=O)ON1C(=O)[C@H](NC(=O)O)Cc2ccc(Br)cc21. The van der Waals surface area contributed by atoms with E-state index in [1.807, 2.05) is 0 Å². The molecule has 1 heterocycles. The van der Waals surface area contributed by atoms with E-state index in [-0.39, 0.29) is 6.42 Å². The summed E-state index contributed by atoms with van der Waals surface area (Å²) in [5, 5.41) is 11.8. The molecular weight excluding hydrogens is 384 g/mol. The molecule has 1 atom stereocenters. The number of amides is 2. The minimum Gasteiger partial charge on any atom is -0.465 e. The summed E-state index contributed by atoms with van der Waals surface area (Å²) in [5.74, 6) is -0.700. The molecule has 0 aromatic heterocycles. The molecule has 2 N–H and O–H groups in total. The highest BCUT2D eigenvalue weighted by molar-refractivity contribution is 9.10. The summed E-state index contributed by atoms with van der Waals surface area (Å²) in [6.07, 6.45) is -2.24. The van der Waals surface area contributed by atoms with Crippen LogP contribution in [0.4, 0.5) is 15.3 Å². The van der Waals surface area contributed by atoms with Crippen LogP contribution < -0.4 is 10.4 Å². The number of nitrogens with one attached hydrogen (secondary N) is 1. The lowest BCUT2D eigenvalue weighted by Gasteiger charge is -2.32. The fourth-order valence-electron chi connectivity index (χ4n) is 2.17. The van der Waals surface area contributed by atoms with E-state index in [0.29, 0.717) is 15.7 Å². The Kier molecular flexibility index (Phi) is 5.02. The van der Waals surface area contributed by atoms with Gasteiger partial charge < -0.3 is 15.2 Å². The first-order chi connectivity index (χ1) is 11.1. The molecule has 0 saturated carbocycles. The van der Waals surface area contributed by atoms with Crippen molar-refractivity contribution < 1.29 is 29.1 Å². The van der Waals surface area contributed by atoms with Crippen LogP contribution in [-0.4, -0.2) is 34.9 Å². The van der Waals surface area contributed by atoms with Gasteiger partial charge in [0.1, 0.15) is 11.6 Å². The summed E-state index contributed by atoms with van der Waals surface area (Å²) in [6.45, 7) is 4.98. The normalized spacial score (nSPS) is 17.1. The zero-order valence-corrected chi connectivity index (χ0v) is 14.9. The number of hydroxylamine groups is 1. The summed E-state index contributed by atoms with van der Waals surface area (Å²) in [5.41, 5.74) is 0.207. The van der Waals surface area contributed by atoms with Gasteiger partial charge in [0.05, 0.1) is 5.69 Å². The van der Waals surface area contributed by atoms with Gasteiger partial charge in [0.15, 0.2) is 0 Å². The molecule has 0 saturated heterocycles. The van der Waals surface area contributed by atoms with E-state index in [4.69, 9.17) is 14.7 Å². The van der Waals surface area contributed by atoms with E-state index in [2.05, 4.69) is 21.2 Å². The number of rotatable bonds is 2. The number of nitrogens with zero attached hydrogens (tertiary/aromatic N) is 1. The summed E-state index contributed by atoms with van der Waals surface area (Å²) < 4.78 is 5.72. The highest BCUT2D eigenvalue weighted by atomic mass is 79.9. The molecule has 0 unspecified atom stereocenters.